The van der Waals surface area contributed by atoms with E-state index in [9.17, 15) is 5.26 Å². The van der Waals surface area contributed by atoms with E-state index in [-0.39, 0.29) is 16.9 Å². The molecule has 1 aliphatic carbocycles. The van der Waals surface area contributed by atoms with Crippen LogP contribution in [-0.2, 0) is 12.8 Å². The molecule has 148 valence electrons. The zero-order valence-electron chi connectivity index (χ0n) is 17.2. The van der Waals surface area contributed by atoms with Crippen LogP contribution in [0, 0.1) is 29.1 Å². The Labute approximate surface area is 172 Å². The second kappa shape index (κ2) is 7.53. The summed E-state index contributed by atoms with van der Waals surface area (Å²) in [6, 6.07) is 4.04. The molecule has 0 N–H and O–H groups in total. The number of anilines is 1. The molecular formula is C25H26FN3. The average molecular weight is 388 g/mol. The lowest BCUT2D eigenvalue weighted by molar-refractivity contribution is 0.354. The van der Waals surface area contributed by atoms with Gasteiger partial charge in [0.25, 0.3) is 5.70 Å². The van der Waals surface area contributed by atoms with Gasteiger partial charge >= 0.3 is 0 Å². The molecule has 0 radical (unpaired) electrons. The Morgan fingerprint density at radius 1 is 1.24 bits per heavy atom. The predicted molar refractivity (Wildman–Crippen MR) is 115 cm³/mol. The third kappa shape index (κ3) is 3.73. The first-order chi connectivity index (χ1) is 13.9. The van der Waals surface area contributed by atoms with Gasteiger partial charge < -0.3 is 4.90 Å². The van der Waals surface area contributed by atoms with Gasteiger partial charge in [-0.2, -0.15) is 0 Å². The summed E-state index contributed by atoms with van der Waals surface area (Å²) in [6.45, 7) is 13.6. The molecule has 4 heteroatoms. The maximum atomic E-state index is 15.3. The zero-order chi connectivity index (χ0) is 20.6. The van der Waals surface area contributed by atoms with E-state index in [1.165, 1.54) is 5.56 Å². The summed E-state index contributed by atoms with van der Waals surface area (Å²) in [5.41, 5.74) is 5.91. The SMILES string of the molecule is [C-]#[N+]C(C#N)=C1C=C(C=Cc2cc3c4c(c2F)CCCN4CCC3)CC(C)(C)C1. The molecule has 2 aliphatic heterocycles. The molecule has 2 heterocycles. The van der Waals surface area contributed by atoms with Crippen LogP contribution in [0.15, 0.2) is 35.1 Å². The fourth-order valence-corrected chi connectivity index (χ4v) is 5.05. The predicted octanol–water partition coefficient (Wildman–Crippen LogP) is 5.98. The highest BCUT2D eigenvalue weighted by Crippen LogP contribution is 2.41. The van der Waals surface area contributed by atoms with Gasteiger partial charge in [0.05, 0.1) is 12.6 Å². The van der Waals surface area contributed by atoms with Crippen LogP contribution in [0.2, 0.25) is 0 Å². The zero-order valence-corrected chi connectivity index (χ0v) is 17.2. The van der Waals surface area contributed by atoms with Gasteiger partial charge in [-0.25, -0.2) is 14.5 Å². The highest BCUT2D eigenvalue weighted by molar-refractivity contribution is 5.69. The first-order valence-corrected chi connectivity index (χ1v) is 10.4. The van der Waals surface area contributed by atoms with Gasteiger partial charge in [-0.15, -0.1) is 0 Å². The van der Waals surface area contributed by atoms with Crippen molar-refractivity contribution in [2.45, 2.75) is 52.4 Å². The van der Waals surface area contributed by atoms with Crippen LogP contribution in [0.1, 0.15) is 56.2 Å². The molecule has 1 aromatic rings. The molecule has 3 nitrogen and oxygen atoms in total. The van der Waals surface area contributed by atoms with Crippen molar-refractivity contribution in [3.8, 4) is 6.07 Å². The van der Waals surface area contributed by atoms with Gasteiger partial charge in [0, 0.05) is 29.9 Å². The van der Waals surface area contributed by atoms with Crippen molar-refractivity contribution in [3.05, 3.63) is 69.0 Å². The number of allylic oxidation sites excluding steroid dienone is 5. The van der Waals surface area contributed by atoms with Crippen LogP contribution in [-0.4, -0.2) is 13.1 Å². The minimum atomic E-state index is -0.0862. The van der Waals surface area contributed by atoms with E-state index in [0.717, 1.165) is 67.6 Å². The van der Waals surface area contributed by atoms with Crippen LogP contribution < -0.4 is 4.90 Å². The van der Waals surface area contributed by atoms with E-state index in [0.29, 0.717) is 12.0 Å². The average Bonchev–Trinajstić information content (AvgIpc) is 2.69. The standard InChI is InChI=1S/C25H26FN3/c1-25(2)14-17(12-20(15-25)22(16-27)28-3)8-9-18-13-19-6-4-10-29-11-5-7-21(23(18)26)24(19)29/h8-9,12-13H,4-7,10-11,14-15H2,1-2H3. The van der Waals surface area contributed by atoms with Gasteiger partial charge in [-0.05, 0) is 66.7 Å². The number of hydrogen-bond acceptors (Lipinski definition) is 2. The van der Waals surface area contributed by atoms with Gasteiger partial charge in [-0.1, -0.05) is 32.1 Å². The largest absolute Gasteiger partial charge is 0.371 e. The topological polar surface area (TPSA) is 31.4 Å². The molecule has 4 rings (SSSR count). The minimum Gasteiger partial charge on any atom is -0.371 e. The molecule has 1 aromatic carbocycles. The first-order valence-electron chi connectivity index (χ1n) is 10.4. The van der Waals surface area contributed by atoms with E-state index >= 15 is 4.39 Å². The summed E-state index contributed by atoms with van der Waals surface area (Å²) < 4.78 is 15.3. The summed E-state index contributed by atoms with van der Waals surface area (Å²) in [5.74, 6) is -0.0862. The summed E-state index contributed by atoms with van der Waals surface area (Å²) in [4.78, 5) is 5.73. The molecule has 29 heavy (non-hydrogen) atoms. The quantitative estimate of drug-likeness (QED) is 0.462. The van der Waals surface area contributed by atoms with Crippen molar-refractivity contribution < 1.29 is 4.39 Å². The summed E-state index contributed by atoms with van der Waals surface area (Å²) in [6.07, 6.45) is 11.3. The second-order valence-corrected chi connectivity index (χ2v) is 9.13. The smallest absolute Gasteiger partial charge is 0.265 e. The Bertz CT molecular complexity index is 1010. The van der Waals surface area contributed by atoms with Crippen molar-refractivity contribution in [3.63, 3.8) is 0 Å². The second-order valence-electron chi connectivity index (χ2n) is 9.13. The van der Waals surface area contributed by atoms with Crippen molar-refractivity contribution in [1.82, 2.24) is 0 Å². The molecule has 0 amide bonds. The molecule has 3 aliphatic rings. The summed E-state index contributed by atoms with van der Waals surface area (Å²) in [5, 5.41) is 9.25. The Balaban J connectivity index is 1.72. The van der Waals surface area contributed by atoms with E-state index in [2.05, 4.69) is 23.6 Å². The fraction of sp³-hybridized carbons (Fsp3) is 0.440. The minimum absolute atomic E-state index is 0.0303. The fourth-order valence-electron chi connectivity index (χ4n) is 5.05. The van der Waals surface area contributed by atoms with E-state index in [1.54, 1.807) is 0 Å². The van der Waals surface area contributed by atoms with Gasteiger partial charge in [0.2, 0.25) is 0 Å². The van der Waals surface area contributed by atoms with Crippen LogP contribution in [0.25, 0.3) is 10.9 Å². The van der Waals surface area contributed by atoms with Gasteiger partial charge in [0.15, 0.2) is 0 Å². The highest BCUT2D eigenvalue weighted by atomic mass is 19.1. The molecule has 0 fully saturated rings. The number of aryl methyl sites for hydroxylation is 1. The number of halogens is 1. The van der Waals surface area contributed by atoms with Crippen molar-refractivity contribution in [2.24, 2.45) is 5.41 Å². The third-order valence-electron chi connectivity index (χ3n) is 6.19. The van der Waals surface area contributed by atoms with Crippen molar-refractivity contribution >= 4 is 11.8 Å². The Morgan fingerprint density at radius 3 is 2.72 bits per heavy atom. The molecule has 0 atom stereocenters. The summed E-state index contributed by atoms with van der Waals surface area (Å²) in [7, 11) is 0. The molecule has 0 saturated heterocycles. The molecule has 0 saturated carbocycles. The lowest BCUT2D eigenvalue weighted by Gasteiger charge is -2.37. The Morgan fingerprint density at radius 2 is 2.00 bits per heavy atom. The Hall–Kier alpha value is -2.85. The van der Waals surface area contributed by atoms with Gasteiger partial charge in [-0.3, -0.25) is 0 Å². The first kappa shape index (κ1) is 19.5. The molecule has 0 unspecified atom stereocenters. The van der Waals surface area contributed by atoms with Gasteiger partial charge in [0.1, 0.15) is 5.82 Å². The number of benzene rings is 1. The Kier molecular flexibility index (Phi) is 5.05. The third-order valence-corrected chi connectivity index (χ3v) is 6.19. The molecule has 0 bridgehead atoms. The van der Waals surface area contributed by atoms with Crippen LogP contribution in [0.3, 0.4) is 0 Å². The summed E-state index contributed by atoms with van der Waals surface area (Å²) >= 11 is 0. The lowest BCUT2D eigenvalue weighted by atomic mass is 9.74. The maximum Gasteiger partial charge on any atom is 0.265 e. The number of rotatable bonds is 2. The molecule has 0 spiro atoms. The van der Waals surface area contributed by atoms with E-state index in [4.69, 9.17) is 6.57 Å². The van der Waals surface area contributed by atoms with Crippen LogP contribution >= 0.6 is 0 Å². The maximum absolute atomic E-state index is 15.3. The lowest BCUT2D eigenvalue weighted by Crippen LogP contribution is -2.35. The molecular weight excluding hydrogens is 361 g/mol. The van der Waals surface area contributed by atoms with Crippen molar-refractivity contribution in [1.29, 1.82) is 5.26 Å². The van der Waals surface area contributed by atoms with E-state index < -0.39 is 0 Å². The number of hydrogen-bond donors (Lipinski definition) is 0. The highest BCUT2D eigenvalue weighted by Gasteiger charge is 2.28. The molecule has 0 aromatic heterocycles. The number of nitrogens with zero attached hydrogens (tertiary/aromatic N) is 3. The van der Waals surface area contributed by atoms with Crippen LogP contribution in [0.5, 0.6) is 0 Å². The normalized spacial score (nSPS) is 21.8. The van der Waals surface area contributed by atoms with Crippen LogP contribution in [0.4, 0.5) is 10.1 Å². The monoisotopic (exact) mass is 387 g/mol. The van der Waals surface area contributed by atoms with E-state index in [1.807, 2.05) is 30.4 Å². The number of nitriles is 1. The van der Waals surface area contributed by atoms with Crippen molar-refractivity contribution in [2.75, 3.05) is 18.0 Å².